The molecule has 0 radical (unpaired) electrons. The second kappa shape index (κ2) is 7.58. The molecule has 0 aliphatic carbocycles. The summed E-state index contributed by atoms with van der Waals surface area (Å²) in [5, 5.41) is 3.42. The predicted octanol–water partition coefficient (Wildman–Crippen LogP) is 3.92. The van der Waals surface area contributed by atoms with Crippen LogP contribution in [0.4, 0.5) is 10.1 Å². The van der Waals surface area contributed by atoms with Gasteiger partial charge in [0.25, 0.3) is 5.91 Å². The number of carbonyl (C=O) groups excluding carboxylic acids is 2. The number of halogens is 2. The van der Waals surface area contributed by atoms with E-state index in [9.17, 15) is 14.0 Å². The van der Waals surface area contributed by atoms with E-state index in [0.717, 1.165) is 22.7 Å². The summed E-state index contributed by atoms with van der Waals surface area (Å²) in [6, 6.07) is 13.5. The average molecular weight is 375 g/mol. The highest BCUT2D eigenvalue weighted by molar-refractivity contribution is 6.31. The van der Waals surface area contributed by atoms with Gasteiger partial charge in [-0.1, -0.05) is 29.8 Å². The predicted molar refractivity (Wildman–Crippen MR) is 97.7 cm³/mol. The van der Waals surface area contributed by atoms with Crippen molar-refractivity contribution < 1.29 is 18.7 Å². The first kappa shape index (κ1) is 17.9. The van der Waals surface area contributed by atoms with Gasteiger partial charge in [-0.2, -0.15) is 0 Å². The molecule has 0 saturated carbocycles. The number of benzene rings is 2. The molecule has 1 aromatic heterocycles. The van der Waals surface area contributed by atoms with E-state index in [1.54, 1.807) is 0 Å². The highest BCUT2D eigenvalue weighted by Crippen LogP contribution is 2.20. The summed E-state index contributed by atoms with van der Waals surface area (Å²) >= 11 is 5.65. The lowest BCUT2D eigenvalue weighted by Gasteiger charge is -2.09. The van der Waals surface area contributed by atoms with E-state index in [1.165, 1.54) is 12.1 Å². The average Bonchev–Trinajstić information content (AvgIpc) is 2.92. The summed E-state index contributed by atoms with van der Waals surface area (Å²) in [7, 11) is 0. The maximum absolute atomic E-state index is 13.1. The summed E-state index contributed by atoms with van der Waals surface area (Å²) in [6.07, 6.45) is 0. The third-order valence-corrected chi connectivity index (χ3v) is 4.16. The Kier molecular flexibility index (Phi) is 5.23. The highest BCUT2D eigenvalue weighted by Gasteiger charge is 2.12. The van der Waals surface area contributed by atoms with E-state index in [1.807, 2.05) is 41.8 Å². The smallest absolute Gasteiger partial charge is 0.326 e. The van der Waals surface area contributed by atoms with E-state index < -0.39 is 24.3 Å². The molecule has 0 fully saturated rings. The van der Waals surface area contributed by atoms with Gasteiger partial charge in [-0.25, -0.2) is 4.39 Å². The number of nitrogens with one attached hydrogen (secondary N) is 1. The largest absolute Gasteiger partial charge is 0.454 e. The van der Waals surface area contributed by atoms with E-state index >= 15 is 0 Å². The van der Waals surface area contributed by atoms with Gasteiger partial charge in [0.2, 0.25) is 0 Å². The molecule has 7 heteroatoms. The quantitative estimate of drug-likeness (QED) is 0.688. The molecule has 0 saturated heterocycles. The normalized spacial score (nSPS) is 10.7. The third kappa shape index (κ3) is 4.03. The Balaban J connectivity index is 1.57. The van der Waals surface area contributed by atoms with Gasteiger partial charge in [-0.15, -0.1) is 0 Å². The first-order valence-corrected chi connectivity index (χ1v) is 8.27. The van der Waals surface area contributed by atoms with Crippen molar-refractivity contribution in [1.29, 1.82) is 0 Å². The van der Waals surface area contributed by atoms with Crippen molar-refractivity contribution in [2.24, 2.45) is 0 Å². The zero-order valence-corrected chi connectivity index (χ0v) is 14.7. The third-order valence-electron chi connectivity index (χ3n) is 3.87. The number of nitrogens with zero attached hydrogens (tertiary/aromatic N) is 1. The van der Waals surface area contributed by atoms with Gasteiger partial charge < -0.3 is 14.6 Å². The van der Waals surface area contributed by atoms with E-state index in [4.69, 9.17) is 16.3 Å². The number of ether oxygens (including phenoxy) is 1. The Morgan fingerprint density at radius 3 is 2.73 bits per heavy atom. The van der Waals surface area contributed by atoms with Crippen molar-refractivity contribution in [2.45, 2.75) is 13.5 Å². The molecular weight excluding hydrogens is 359 g/mol. The van der Waals surface area contributed by atoms with Crippen LogP contribution in [0.1, 0.15) is 5.69 Å². The van der Waals surface area contributed by atoms with Crippen LogP contribution in [0, 0.1) is 12.7 Å². The highest BCUT2D eigenvalue weighted by atomic mass is 35.5. The van der Waals surface area contributed by atoms with Gasteiger partial charge in [-0.05, 0) is 42.6 Å². The maximum Gasteiger partial charge on any atom is 0.326 e. The van der Waals surface area contributed by atoms with Gasteiger partial charge in [0, 0.05) is 16.9 Å². The second-order valence-electron chi connectivity index (χ2n) is 5.77. The molecule has 1 heterocycles. The molecule has 0 spiro atoms. The number of rotatable bonds is 5. The van der Waals surface area contributed by atoms with Crippen LogP contribution in [-0.2, 0) is 20.9 Å². The van der Waals surface area contributed by atoms with Crippen molar-refractivity contribution in [3.05, 3.63) is 65.1 Å². The Morgan fingerprint density at radius 2 is 1.96 bits per heavy atom. The molecule has 0 aliphatic rings. The topological polar surface area (TPSA) is 60.3 Å². The summed E-state index contributed by atoms with van der Waals surface area (Å²) in [5.41, 5.74) is 2.17. The molecule has 1 amide bonds. The fraction of sp³-hybridized carbons (Fsp3) is 0.158. The fourth-order valence-corrected chi connectivity index (χ4v) is 2.83. The van der Waals surface area contributed by atoms with E-state index in [0.29, 0.717) is 5.69 Å². The zero-order chi connectivity index (χ0) is 18.7. The molecule has 26 heavy (non-hydrogen) atoms. The number of anilines is 1. The molecule has 0 aliphatic heterocycles. The molecule has 3 rings (SSSR count). The first-order chi connectivity index (χ1) is 12.4. The van der Waals surface area contributed by atoms with Crippen LogP contribution in [0.5, 0.6) is 0 Å². The molecule has 0 atom stereocenters. The molecule has 5 nitrogen and oxygen atoms in total. The number of esters is 1. The fourth-order valence-electron chi connectivity index (χ4n) is 2.65. The van der Waals surface area contributed by atoms with Crippen molar-refractivity contribution in [2.75, 3.05) is 11.9 Å². The van der Waals surface area contributed by atoms with Crippen LogP contribution in [0.25, 0.3) is 10.9 Å². The van der Waals surface area contributed by atoms with Gasteiger partial charge in [0.05, 0.1) is 5.02 Å². The molecular formula is C19H16ClFN2O3. The van der Waals surface area contributed by atoms with Crippen LogP contribution in [0.2, 0.25) is 5.02 Å². The zero-order valence-electron chi connectivity index (χ0n) is 14.0. The standard InChI is InChI=1S/C19H16ClFN2O3/c1-12-8-13-4-2-3-5-17(13)23(12)10-19(25)26-11-18(24)22-14-6-7-16(21)15(20)9-14/h2-9H,10-11H2,1H3,(H,22,24). The Labute approximate surface area is 154 Å². The number of amides is 1. The lowest BCUT2D eigenvalue weighted by Crippen LogP contribution is -2.23. The molecule has 0 bridgehead atoms. The summed E-state index contributed by atoms with van der Waals surface area (Å²) in [4.78, 5) is 23.9. The second-order valence-corrected chi connectivity index (χ2v) is 6.18. The SMILES string of the molecule is Cc1cc2ccccc2n1CC(=O)OCC(=O)Nc1ccc(F)c(Cl)c1. The van der Waals surface area contributed by atoms with Crippen LogP contribution in [-0.4, -0.2) is 23.1 Å². The van der Waals surface area contributed by atoms with Gasteiger partial charge in [0.15, 0.2) is 6.61 Å². The summed E-state index contributed by atoms with van der Waals surface area (Å²) in [5.74, 6) is -1.64. The Hall–Kier alpha value is -2.86. The van der Waals surface area contributed by atoms with E-state index in [2.05, 4.69) is 5.32 Å². The lowest BCUT2D eigenvalue weighted by molar-refractivity contribution is -0.147. The van der Waals surface area contributed by atoms with Crippen molar-refractivity contribution in [1.82, 2.24) is 4.57 Å². The summed E-state index contributed by atoms with van der Waals surface area (Å²) < 4.78 is 20.0. The number of fused-ring (bicyclic) bond motifs is 1. The van der Waals surface area contributed by atoms with Crippen LogP contribution < -0.4 is 5.32 Å². The number of para-hydroxylation sites is 1. The number of aromatic nitrogens is 1. The minimum absolute atomic E-state index is 0.00893. The van der Waals surface area contributed by atoms with Crippen LogP contribution in [0.15, 0.2) is 48.5 Å². The minimum atomic E-state index is -0.578. The minimum Gasteiger partial charge on any atom is -0.454 e. The Morgan fingerprint density at radius 1 is 1.19 bits per heavy atom. The van der Waals surface area contributed by atoms with Crippen molar-refractivity contribution in [3.63, 3.8) is 0 Å². The maximum atomic E-state index is 13.1. The van der Waals surface area contributed by atoms with Crippen molar-refractivity contribution in [3.8, 4) is 0 Å². The molecule has 1 N–H and O–H groups in total. The Bertz CT molecular complexity index is 984. The number of hydrogen-bond donors (Lipinski definition) is 1. The molecule has 2 aromatic carbocycles. The first-order valence-electron chi connectivity index (χ1n) is 7.89. The van der Waals surface area contributed by atoms with Crippen molar-refractivity contribution >= 4 is 40.1 Å². The van der Waals surface area contributed by atoms with Crippen LogP contribution in [0.3, 0.4) is 0 Å². The molecule has 0 unspecified atom stereocenters. The number of hydrogen-bond acceptors (Lipinski definition) is 3. The van der Waals surface area contributed by atoms with Crippen LogP contribution >= 0.6 is 11.6 Å². The van der Waals surface area contributed by atoms with E-state index in [-0.39, 0.29) is 11.6 Å². The summed E-state index contributed by atoms with van der Waals surface area (Å²) in [6.45, 7) is 1.47. The van der Waals surface area contributed by atoms with Gasteiger partial charge in [-0.3, -0.25) is 9.59 Å². The lowest BCUT2D eigenvalue weighted by atomic mass is 10.2. The molecule has 3 aromatic rings. The monoisotopic (exact) mass is 374 g/mol. The van der Waals surface area contributed by atoms with Gasteiger partial charge in [0.1, 0.15) is 12.4 Å². The van der Waals surface area contributed by atoms with Gasteiger partial charge >= 0.3 is 5.97 Å². The molecule has 134 valence electrons. The number of carbonyl (C=O) groups is 2. The number of aryl methyl sites for hydroxylation is 1.